The van der Waals surface area contributed by atoms with Crippen molar-refractivity contribution in [2.75, 3.05) is 0 Å². The van der Waals surface area contributed by atoms with Crippen molar-refractivity contribution in [3.05, 3.63) is 35.9 Å². The van der Waals surface area contributed by atoms with Crippen LogP contribution in [0.25, 0.3) is 0 Å². The molecule has 1 atom stereocenters. The molecule has 0 bridgehead atoms. The quantitative estimate of drug-likeness (QED) is 0.810. The standard InChI is InChI=1S/C19H29NO/c1-3-8-15(4-2)19(21)20-18-13-11-17(12-14-18)16-9-6-5-7-10-16/h5-7,9-10,15,17-18H,3-4,8,11-14H2,1-2H3,(H,20,21). The van der Waals surface area contributed by atoms with E-state index in [2.05, 4.69) is 49.5 Å². The van der Waals surface area contributed by atoms with Crippen molar-refractivity contribution in [3.8, 4) is 0 Å². The molecule has 1 N–H and O–H groups in total. The first-order valence-electron chi connectivity index (χ1n) is 8.59. The molecule has 1 aliphatic rings. The molecule has 0 aliphatic heterocycles. The van der Waals surface area contributed by atoms with E-state index in [1.807, 2.05) is 0 Å². The first kappa shape index (κ1) is 16.1. The number of rotatable bonds is 6. The fraction of sp³-hybridized carbons (Fsp3) is 0.632. The number of carbonyl (C=O) groups is 1. The second-order valence-corrected chi connectivity index (χ2v) is 6.36. The molecule has 1 saturated carbocycles. The molecule has 0 heterocycles. The third kappa shape index (κ3) is 4.59. The summed E-state index contributed by atoms with van der Waals surface area (Å²) in [4.78, 5) is 12.3. The summed E-state index contributed by atoms with van der Waals surface area (Å²) in [5.74, 6) is 1.17. The van der Waals surface area contributed by atoms with Gasteiger partial charge in [0.1, 0.15) is 0 Å². The minimum atomic E-state index is 0.210. The molecule has 0 saturated heterocycles. The largest absolute Gasteiger partial charge is 0.353 e. The van der Waals surface area contributed by atoms with E-state index in [0.717, 1.165) is 32.1 Å². The summed E-state index contributed by atoms with van der Waals surface area (Å²) in [6.45, 7) is 4.27. The number of nitrogens with one attached hydrogen (secondary N) is 1. The van der Waals surface area contributed by atoms with Crippen molar-refractivity contribution in [2.24, 2.45) is 5.92 Å². The van der Waals surface area contributed by atoms with Crippen molar-refractivity contribution in [1.82, 2.24) is 5.32 Å². The van der Waals surface area contributed by atoms with Gasteiger partial charge < -0.3 is 5.32 Å². The Morgan fingerprint density at radius 2 is 1.81 bits per heavy atom. The molecule has 1 amide bonds. The monoisotopic (exact) mass is 287 g/mol. The van der Waals surface area contributed by atoms with Crippen LogP contribution < -0.4 is 5.32 Å². The molecule has 1 aliphatic carbocycles. The van der Waals surface area contributed by atoms with Crippen LogP contribution in [0.5, 0.6) is 0 Å². The number of benzene rings is 1. The average Bonchev–Trinajstić information content (AvgIpc) is 2.54. The second kappa shape index (κ2) is 8.21. The molecule has 116 valence electrons. The van der Waals surface area contributed by atoms with Gasteiger partial charge in [0.05, 0.1) is 0 Å². The lowest BCUT2D eigenvalue weighted by Gasteiger charge is -2.30. The van der Waals surface area contributed by atoms with E-state index in [1.54, 1.807) is 0 Å². The summed E-state index contributed by atoms with van der Waals surface area (Å²) in [7, 11) is 0. The Bertz CT molecular complexity index is 420. The molecule has 1 aromatic rings. The zero-order chi connectivity index (χ0) is 15.1. The minimum absolute atomic E-state index is 0.210. The predicted octanol–water partition coefficient (Wildman–Crippen LogP) is 4.66. The fourth-order valence-corrected chi connectivity index (χ4v) is 3.48. The topological polar surface area (TPSA) is 29.1 Å². The second-order valence-electron chi connectivity index (χ2n) is 6.36. The van der Waals surface area contributed by atoms with E-state index >= 15 is 0 Å². The highest BCUT2D eigenvalue weighted by Gasteiger charge is 2.25. The van der Waals surface area contributed by atoms with Crippen LogP contribution in [0.4, 0.5) is 0 Å². The predicted molar refractivity (Wildman–Crippen MR) is 88.3 cm³/mol. The molecule has 21 heavy (non-hydrogen) atoms. The summed E-state index contributed by atoms with van der Waals surface area (Å²) < 4.78 is 0. The van der Waals surface area contributed by atoms with Crippen molar-refractivity contribution in [3.63, 3.8) is 0 Å². The van der Waals surface area contributed by atoms with Gasteiger partial charge in [0, 0.05) is 12.0 Å². The molecule has 1 unspecified atom stereocenters. The molecule has 0 spiro atoms. The molecule has 1 fully saturated rings. The zero-order valence-corrected chi connectivity index (χ0v) is 13.5. The van der Waals surface area contributed by atoms with Gasteiger partial charge in [-0.05, 0) is 50.0 Å². The van der Waals surface area contributed by atoms with Crippen LogP contribution in [-0.2, 0) is 4.79 Å². The lowest BCUT2D eigenvalue weighted by molar-refractivity contribution is -0.126. The van der Waals surface area contributed by atoms with Crippen LogP contribution in [0.2, 0.25) is 0 Å². The van der Waals surface area contributed by atoms with Gasteiger partial charge in [-0.3, -0.25) is 4.79 Å². The Kier molecular flexibility index (Phi) is 6.28. The Morgan fingerprint density at radius 3 is 2.38 bits per heavy atom. The Hall–Kier alpha value is -1.31. The van der Waals surface area contributed by atoms with Gasteiger partial charge in [-0.15, -0.1) is 0 Å². The van der Waals surface area contributed by atoms with Crippen molar-refractivity contribution in [1.29, 1.82) is 0 Å². The van der Waals surface area contributed by atoms with Gasteiger partial charge in [-0.1, -0.05) is 50.6 Å². The van der Waals surface area contributed by atoms with Crippen molar-refractivity contribution >= 4 is 5.91 Å². The number of hydrogen-bond acceptors (Lipinski definition) is 1. The zero-order valence-electron chi connectivity index (χ0n) is 13.5. The van der Waals surface area contributed by atoms with E-state index in [-0.39, 0.29) is 11.8 Å². The maximum atomic E-state index is 12.3. The first-order valence-corrected chi connectivity index (χ1v) is 8.59. The highest BCUT2D eigenvalue weighted by molar-refractivity contribution is 5.78. The van der Waals surface area contributed by atoms with Crippen LogP contribution in [0.15, 0.2) is 30.3 Å². The van der Waals surface area contributed by atoms with Crippen molar-refractivity contribution < 1.29 is 4.79 Å². The summed E-state index contributed by atoms with van der Waals surface area (Å²) in [5, 5.41) is 3.29. The first-order chi connectivity index (χ1) is 10.2. The summed E-state index contributed by atoms with van der Waals surface area (Å²) in [5.41, 5.74) is 1.46. The van der Waals surface area contributed by atoms with Crippen LogP contribution in [0.1, 0.15) is 70.3 Å². The van der Waals surface area contributed by atoms with Gasteiger partial charge >= 0.3 is 0 Å². The van der Waals surface area contributed by atoms with E-state index < -0.39 is 0 Å². The van der Waals surface area contributed by atoms with Gasteiger partial charge in [0.15, 0.2) is 0 Å². The normalized spacial score (nSPS) is 23.5. The molecule has 2 rings (SSSR count). The van der Waals surface area contributed by atoms with E-state index in [0.29, 0.717) is 12.0 Å². The van der Waals surface area contributed by atoms with Crippen LogP contribution in [0, 0.1) is 5.92 Å². The Morgan fingerprint density at radius 1 is 1.14 bits per heavy atom. The SMILES string of the molecule is CCCC(CC)C(=O)NC1CCC(c2ccccc2)CC1. The van der Waals surface area contributed by atoms with E-state index in [4.69, 9.17) is 0 Å². The molecular weight excluding hydrogens is 258 g/mol. The summed E-state index contributed by atoms with van der Waals surface area (Å²) in [6.07, 6.45) is 7.69. The van der Waals surface area contributed by atoms with Crippen molar-refractivity contribution in [2.45, 2.75) is 70.8 Å². The Labute approximate surface area is 129 Å². The number of carbonyl (C=O) groups excluding carboxylic acids is 1. The molecular formula is C19H29NO. The Balaban J connectivity index is 1.80. The maximum Gasteiger partial charge on any atom is 0.223 e. The van der Waals surface area contributed by atoms with Gasteiger partial charge in [0.2, 0.25) is 5.91 Å². The van der Waals surface area contributed by atoms with E-state index in [9.17, 15) is 4.79 Å². The third-order valence-corrected chi connectivity index (χ3v) is 4.85. The van der Waals surface area contributed by atoms with Crippen LogP contribution >= 0.6 is 0 Å². The number of amides is 1. The fourth-order valence-electron chi connectivity index (χ4n) is 3.48. The van der Waals surface area contributed by atoms with Gasteiger partial charge in [0.25, 0.3) is 0 Å². The summed E-state index contributed by atoms with van der Waals surface area (Å²) >= 11 is 0. The molecule has 0 aromatic heterocycles. The molecule has 2 heteroatoms. The lowest BCUT2D eigenvalue weighted by Crippen LogP contribution is -2.40. The summed E-state index contributed by atoms with van der Waals surface area (Å²) in [6, 6.07) is 11.2. The molecule has 2 nitrogen and oxygen atoms in total. The highest BCUT2D eigenvalue weighted by Crippen LogP contribution is 2.32. The van der Waals surface area contributed by atoms with Gasteiger partial charge in [-0.2, -0.15) is 0 Å². The highest BCUT2D eigenvalue weighted by atomic mass is 16.1. The number of hydrogen-bond donors (Lipinski definition) is 1. The van der Waals surface area contributed by atoms with E-state index in [1.165, 1.54) is 18.4 Å². The molecule has 0 radical (unpaired) electrons. The molecule has 1 aromatic carbocycles. The third-order valence-electron chi connectivity index (χ3n) is 4.85. The smallest absolute Gasteiger partial charge is 0.223 e. The minimum Gasteiger partial charge on any atom is -0.353 e. The lowest BCUT2D eigenvalue weighted by atomic mass is 9.81. The van der Waals surface area contributed by atoms with Crippen LogP contribution in [0.3, 0.4) is 0 Å². The van der Waals surface area contributed by atoms with Gasteiger partial charge in [-0.25, -0.2) is 0 Å². The van der Waals surface area contributed by atoms with Crippen LogP contribution in [-0.4, -0.2) is 11.9 Å². The average molecular weight is 287 g/mol. The maximum absolute atomic E-state index is 12.3.